The molecule has 2 atom stereocenters. The predicted molar refractivity (Wildman–Crippen MR) is 100.0 cm³/mol. The van der Waals surface area contributed by atoms with Gasteiger partial charge in [-0.15, -0.1) is 0 Å². The summed E-state index contributed by atoms with van der Waals surface area (Å²) in [6.07, 6.45) is 1.50. The molecule has 4 rings (SSSR count). The zero-order valence-electron chi connectivity index (χ0n) is 14.6. The van der Waals surface area contributed by atoms with E-state index >= 15 is 0 Å². The van der Waals surface area contributed by atoms with Crippen LogP contribution in [0.1, 0.15) is 40.0 Å². The molecule has 1 aromatic heterocycles. The molecule has 4 nitrogen and oxygen atoms in total. The molecule has 0 unspecified atom stereocenters. The van der Waals surface area contributed by atoms with Gasteiger partial charge in [0.15, 0.2) is 5.78 Å². The first-order valence-electron chi connectivity index (χ1n) is 8.54. The topological polar surface area (TPSA) is 56.1 Å². The van der Waals surface area contributed by atoms with Crippen LogP contribution in [-0.2, 0) is 10.0 Å². The second-order valence-electron chi connectivity index (χ2n) is 6.77. The summed E-state index contributed by atoms with van der Waals surface area (Å²) in [5.41, 5.74) is 3.07. The van der Waals surface area contributed by atoms with Crippen molar-refractivity contribution >= 4 is 15.8 Å². The quantitative estimate of drug-likeness (QED) is 0.705. The van der Waals surface area contributed by atoms with Gasteiger partial charge in [0.1, 0.15) is 5.69 Å². The molecule has 0 bridgehead atoms. The number of aromatic nitrogens is 1. The largest absolute Gasteiger partial charge is 0.292 e. The lowest BCUT2D eigenvalue weighted by Gasteiger charge is -2.15. The Morgan fingerprint density at radius 1 is 0.923 bits per heavy atom. The maximum Gasteiger partial charge on any atom is 0.268 e. The maximum absolute atomic E-state index is 13.1. The van der Waals surface area contributed by atoms with Crippen LogP contribution in [0, 0.1) is 12.8 Å². The van der Waals surface area contributed by atoms with Crippen LogP contribution in [0.3, 0.4) is 0 Å². The van der Waals surface area contributed by atoms with Gasteiger partial charge >= 0.3 is 0 Å². The summed E-state index contributed by atoms with van der Waals surface area (Å²) in [6.45, 7) is 3.77. The fraction of sp³-hybridized carbons (Fsp3) is 0.190. The Bertz CT molecular complexity index is 1080. The van der Waals surface area contributed by atoms with E-state index in [1.54, 1.807) is 30.3 Å². The molecule has 0 N–H and O–H groups in total. The monoisotopic (exact) mass is 365 g/mol. The highest BCUT2D eigenvalue weighted by molar-refractivity contribution is 7.90. The Hall–Kier alpha value is -2.66. The molecule has 0 fully saturated rings. The molecular formula is C21H19NO3S. The molecule has 132 valence electrons. The molecule has 26 heavy (non-hydrogen) atoms. The summed E-state index contributed by atoms with van der Waals surface area (Å²) in [5.74, 6) is -0.536. The van der Waals surface area contributed by atoms with Crippen molar-refractivity contribution in [3.63, 3.8) is 0 Å². The van der Waals surface area contributed by atoms with E-state index < -0.39 is 10.0 Å². The number of carbonyl (C=O) groups is 1. The molecule has 1 aliphatic rings. The SMILES string of the molecule is Cc1ccc(S(=O)(=O)n2ccc3c2C(=O)[C@H](C)[C@@H]3c2ccccc2)cc1. The number of aryl methyl sites for hydroxylation is 1. The van der Waals surface area contributed by atoms with Gasteiger partial charge in [-0.1, -0.05) is 55.0 Å². The molecule has 0 aliphatic heterocycles. The Labute approximate surface area is 153 Å². The molecule has 0 radical (unpaired) electrons. The minimum Gasteiger partial charge on any atom is -0.292 e. The van der Waals surface area contributed by atoms with Gasteiger partial charge in [0.25, 0.3) is 10.0 Å². The number of fused-ring (bicyclic) bond motifs is 1. The third-order valence-corrected chi connectivity index (χ3v) is 6.79. The van der Waals surface area contributed by atoms with E-state index in [1.807, 2.05) is 44.2 Å². The van der Waals surface area contributed by atoms with E-state index in [2.05, 4.69) is 0 Å². The zero-order valence-corrected chi connectivity index (χ0v) is 15.4. The minimum atomic E-state index is -3.80. The Morgan fingerprint density at radius 3 is 2.23 bits per heavy atom. The van der Waals surface area contributed by atoms with E-state index in [-0.39, 0.29) is 28.2 Å². The second kappa shape index (κ2) is 5.95. The third-order valence-electron chi connectivity index (χ3n) is 5.10. The predicted octanol–water partition coefficient (Wildman–Crippen LogP) is 4.00. The molecule has 0 saturated carbocycles. The molecule has 5 heteroatoms. The van der Waals surface area contributed by atoms with Crippen molar-refractivity contribution in [2.45, 2.75) is 24.7 Å². The molecule has 0 spiro atoms. The van der Waals surface area contributed by atoms with Crippen LogP contribution in [0.25, 0.3) is 0 Å². The fourth-order valence-electron chi connectivity index (χ4n) is 3.72. The van der Waals surface area contributed by atoms with Crippen LogP contribution in [0.5, 0.6) is 0 Å². The van der Waals surface area contributed by atoms with Crippen LogP contribution < -0.4 is 0 Å². The summed E-state index contributed by atoms with van der Waals surface area (Å²) in [6, 6.07) is 18.2. The molecule has 2 aromatic carbocycles. The Balaban J connectivity index is 1.86. The highest BCUT2D eigenvalue weighted by atomic mass is 32.2. The van der Waals surface area contributed by atoms with Crippen molar-refractivity contribution in [3.05, 3.63) is 89.2 Å². The van der Waals surface area contributed by atoms with Gasteiger partial charge in [-0.2, -0.15) is 0 Å². The molecule has 1 heterocycles. The average molecular weight is 365 g/mol. The average Bonchev–Trinajstić information content (AvgIpc) is 3.16. The molecular weight excluding hydrogens is 346 g/mol. The lowest BCUT2D eigenvalue weighted by molar-refractivity contribution is 0.0934. The highest BCUT2D eigenvalue weighted by Crippen LogP contribution is 2.43. The molecule has 0 amide bonds. The van der Waals surface area contributed by atoms with Crippen molar-refractivity contribution in [3.8, 4) is 0 Å². The second-order valence-corrected chi connectivity index (χ2v) is 8.59. The van der Waals surface area contributed by atoms with Crippen LogP contribution >= 0.6 is 0 Å². The van der Waals surface area contributed by atoms with Crippen molar-refractivity contribution in [1.29, 1.82) is 0 Å². The molecule has 3 aromatic rings. The maximum atomic E-state index is 13.1. The number of hydrogen-bond donors (Lipinski definition) is 0. The summed E-state index contributed by atoms with van der Waals surface area (Å²) in [7, 11) is -3.80. The van der Waals surface area contributed by atoms with Gasteiger partial charge in [-0.25, -0.2) is 12.4 Å². The van der Waals surface area contributed by atoms with E-state index in [0.717, 1.165) is 20.7 Å². The first-order valence-corrected chi connectivity index (χ1v) is 9.98. The Morgan fingerprint density at radius 2 is 1.58 bits per heavy atom. The van der Waals surface area contributed by atoms with Crippen molar-refractivity contribution < 1.29 is 13.2 Å². The summed E-state index contributed by atoms with van der Waals surface area (Å²) in [5, 5.41) is 0. The van der Waals surface area contributed by atoms with E-state index in [9.17, 15) is 13.2 Å². The standard InChI is InChI=1S/C21H19NO3S/c1-14-8-10-17(11-9-14)26(24,25)22-13-12-18-19(15(2)21(23)20(18)22)16-6-4-3-5-7-16/h3-13,15,19H,1-2H3/t15-,19-/m1/s1. The number of benzene rings is 2. The number of Topliss-reactive ketones (excluding diaryl/α,β-unsaturated/α-hetero) is 1. The van der Waals surface area contributed by atoms with Gasteiger partial charge < -0.3 is 0 Å². The lowest BCUT2D eigenvalue weighted by atomic mass is 9.87. The zero-order chi connectivity index (χ0) is 18.5. The van der Waals surface area contributed by atoms with E-state index in [0.29, 0.717) is 0 Å². The first kappa shape index (κ1) is 16.8. The number of hydrogen-bond acceptors (Lipinski definition) is 3. The number of ketones is 1. The van der Waals surface area contributed by atoms with Crippen LogP contribution in [-0.4, -0.2) is 18.2 Å². The van der Waals surface area contributed by atoms with Gasteiger partial charge in [0.2, 0.25) is 0 Å². The fourth-order valence-corrected chi connectivity index (χ4v) is 5.08. The number of carbonyl (C=O) groups excluding carboxylic acids is 1. The molecule has 0 saturated heterocycles. The van der Waals surface area contributed by atoms with E-state index in [1.165, 1.54) is 6.20 Å². The van der Waals surface area contributed by atoms with Gasteiger partial charge in [0.05, 0.1) is 4.90 Å². The normalized spacial score (nSPS) is 19.5. The highest BCUT2D eigenvalue weighted by Gasteiger charge is 2.42. The first-order chi connectivity index (χ1) is 12.4. The van der Waals surface area contributed by atoms with E-state index in [4.69, 9.17) is 0 Å². The summed E-state index contributed by atoms with van der Waals surface area (Å²) >= 11 is 0. The van der Waals surface area contributed by atoms with Crippen molar-refractivity contribution in [1.82, 2.24) is 3.97 Å². The third kappa shape index (κ3) is 2.42. The number of nitrogens with zero attached hydrogens (tertiary/aromatic N) is 1. The van der Waals surface area contributed by atoms with Gasteiger partial charge in [-0.05, 0) is 36.2 Å². The van der Waals surface area contributed by atoms with Gasteiger partial charge in [0, 0.05) is 18.0 Å². The van der Waals surface area contributed by atoms with Gasteiger partial charge in [-0.3, -0.25) is 4.79 Å². The smallest absolute Gasteiger partial charge is 0.268 e. The Kier molecular flexibility index (Phi) is 3.84. The van der Waals surface area contributed by atoms with Crippen molar-refractivity contribution in [2.24, 2.45) is 5.92 Å². The summed E-state index contributed by atoms with van der Waals surface area (Å²) < 4.78 is 27.3. The lowest BCUT2D eigenvalue weighted by Crippen LogP contribution is -2.19. The van der Waals surface area contributed by atoms with Crippen molar-refractivity contribution in [2.75, 3.05) is 0 Å². The molecule has 1 aliphatic carbocycles. The van der Waals surface area contributed by atoms with Crippen LogP contribution in [0.15, 0.2) is 71.8 Å². The summed E-state index contributed by atoms with van der Waals surface area (Å²) in [4.78, 5) is 13.1. The minimum absolute atomic E-state index is 0.117. The number of rotatable bonds is 3. The van der Waals surface area contributed by atoms with Crippen LogP contribution in [0.2, 0.25) is 0 Å². The van der Waals surface area contributed by atoms with Crippen LogP contribution in [0.4, 0.5) is 0 Å².